The first-order chi connectivity index (χ1) is 12.0. The van der Waals surface area contributed by atoms with E-state index in [1.807, 2.05) is 36.4 Å². The Hall–Kier alpha value is -2.08. The molecule has 1 N–H and O–H groups in total. The molecule has 0 aliphatic heterocycles. The summed E-state index contributed by atoms with van der Waals surface area (Å²) in [6.07, 6.45) is 11.2. The van der Waals surface area contributed by atoms with Crippen LogP contribution in [0.5, 0.6) is 0 Å². The van der Waals surface area contributed by atoms with E-state index in [4.69, 9.17) is 6.42 Å². The second-order valence-electron chi connectivity index (χ2n) is 7.22. The van der Waals surface area contributed by atoms with Crippen molar-refractivity contribution in [3.63, 3.8) is 0 Å². The molecule has 1 atom stereocenters. The summed E-state index contributed by atoms with van der Waals surface area (Å²) >= 11 is 0. The summed E-state index contributed by atoms with van der Waals surface area (Å²) in [5.74, 6) is 2.95. The lowest BCUT2D eigenvalue weighted by Gasteiger charge is -2.42. The van der Waals surface area contributed by atoms with Gasteiger partial charge in [0.05, 0.1) is 0 Å². The maximum Gasteiger partial charge on any atom is 0.258 e. The number of allylic oxidation sites excluding steroid dienone is 2. The minimum atomic E-state index is -2.93. The van der Waals surface area contributed by atoms with E-state index in [-0.39, 0.29) is 5.04 Å². The predicted molar refractivity (Wildman–Crippen MR) is 111 cm³/mol. The third kappa shape index (κ3) is 4.12. The van der Waals surface area contributed by atoms with Crippen LogP contribution in [-0.2, 0) is 0 Å². The Morgan fingerprint density at radius 1 is 1.04 bits per heavy atom. The minimum Gasteiger partial charge on any atom is -0.424 e. The van der Waals surface area contributed by atoms with Gasteiger partial charge in [0.1, 0.15) is 0 Å². The van der Waals surface area contributed by atoms with Gasteiger partial charge in [-0.25, -0.2) is 0 Å². The molecule has 0 saturated carbocycles. The molecule has 2 aromatic carbocycles. The van der Waals surface area contributed by atoms with Crippen molar-refractivity contribution in [3.8, 4) is 12.3 Å². The standard InChI is InChI=1S/C23H28OSi/c1-5-7-14-20(6-2)19-23(3,4)25(24,21-15-10-8-11-16-21)22-17-12-9-13-18-22/h1,7-18,20,24H,6,19H2,2-4H3/b14-7+/t20-/m1/s1. The summed E-state index contributed by atoms with van der Waals surface area (Å²) < 4.78 is 0. The van der Waals surface area contributed by atoms with Crippen molar-refractivity contribution in [2.75, 3.05) is 0 Å². The summed E-state index contributed by atoms with van der Waals surface area (Å²) in [7, 11) is -2.93. The molecular weight excluding hydrogens is 320 g/mol. The van der Waals surface area contributed by atoms with Gasteiger partial charge in [-0.15, -0.1) is 6.42 Å². The molecule has 0 bridgehead atoms. The van der Waals surface area contributed by atoms with Gasteiger partial charge in [0.2, 0.25) is 0 Å². The molecule has 25 heavy (non-hydrogen) atoms. The second kappa shape index (κ2) is 8.34. The average Bonchev–Trinajstić information content (AvgIpc) is 2.65. The van der Waals surface area contributed by atoms with E-state index in [2.05, 4.69) is 57.0 Å². The van der Waals surface area contributed by atoms with Gasteiger partial charge in [-0.05, 0) is 40.2 Å². The monoisotopic (exact) mass is 348 g/mol. The van der Waals surface area contributed by atoms with Gasteiger partial charge >= 0.3 is 0 Å². The van der Waals surface area contributed by atoms with Crippen LogP contribution < -0.4 is 10.4 Å². The second-order valence-corrected chi connectivity index (χ2v) is 11.2. The molecule has 0 aliphatic rings. The molecule has 0 heterocycles. The Morgan fingerprint density at radius 2 is 1.52 bits per heavy atom. The van der Waals surface area contributed by atoms with Crippen LogP contribution in [-0.4, -0.2) is 13.1 Å². The Labute approximate surface area is 153 Å². The van der Waals surface area contributed by atoms with E-state index in [1.54, 1.807) is 6.08 Å². The Bertz CT molecular complexity index is 686. The van der Waals surface area contributed by atoms with E-state index in [0.29, 0.717) is 5.92 Å². The summed E-state index contributed by atoms with van der Waals surface area (Å²) in [6.45, 7) is 6.57. The summed E-state index contributed by atoms with van der Waals surface area (Å²) in [5, 5.41) is 1.87. The van der Waals surface area contributed by atoms with E-state index < -0.39 is 8.32 Å². The first kappa shape index (κ1) is 19.2. The van der Waals surface area contributed by atoms with E-state index in [1.165, 1.54) is 0 Å². The van der Waals surface area contributed by atoms with Crippen molar-refractivity contribution >= 4 is 18.7 Å². The Kier molecular flexibility index (Phi) is 6.42. The number of hydrogen-bond donors (Lipinski definition) is 1. The fraction of sp³-hybridized carbons (Fsp3) is 0.304. The van der Waals surface area contributed by atoms with Crippen molar-refractivity contribution in [1.82, 2.24) is 0 Å². The highest BCUT2D eigenvalue weighted by Crippen LogP contribution is 2.42. The third-order valence-electron chi connectivity index (χ3n) is 5.12. The van der Waals surface area contributed by atoms with Gasteiger partial charge < -0.3 is 4.80 Å². The Balaban J connectivity index is 2.52. The fourth-order valence-corrected chi connectivity index (χ4v) is 7.45. The number of benzene rings is 2. The maximum absolute atomic E-state index is 12.1. The largest absolute Gasteiger partial charge is 0.424 e. The maximum atomic E-state index is 12.1. The van der Waals surface area contributed by atoms with Gasteiger partial charge in [-0.2, -0.15) is 0 Å². The molecular formula is C23H28OSi. The van der Waals surface area contributed by atoms with Gasteiger partial charge in [-0.1, -0.05) is 93.4 Å². The lowest BCUT2D eigenvalue weighted by Crippen LogP contribution is -2.65. The van der Waals surface area contributed by atoms with Crippen molar-refractivity contribution in [3.05, 3.63) is 72.8 Å². The highest BCUT2D eigenvalue weighted by molar-refractivity contribution is 6.98. The lowest BCUT2D eigenvalue weighted by atomic mass is 9.93. The zero-order valence-corrected chi connectivity index (χ0v) is 16.4. The highest BCUT2D eigenvalue weighted by atomic mass is 28.4. The summed E-state index contributed by atoms with van der Waals surface area (Å²) in [6, 6.07) is 20.3. The van der Waals surface area contributed by atoms with Crippen molar-refractivity contribution in [2.24, 2.45) is 5.92 Å². The van der Waals surface area contributed by atoms with Crippen LogP contribution in [0.2, 0.25) is 5.04 Å². The normalized spacial score (nSPS) is 13.6. The van der Waals surface area contributed by atoms with Gasteiger partial charge in [0.25, 0.3) is 8.32 Å². The third-order valence-corrected chi connectivity index (χ3v) is 9.62. The molecule has 0 radical (unpaired) electrons. The van der Waals surface area contributed by atoms with E-state index in [0.717, 1.165) is 23.2 Å². The van der Waals surface area contributed by atoms with Gasteiger partial charge in [-0.3, -0.25) is 0 Å². The zero-order chi connectivity index (χ0) is 18.3. The van der Waals surface area contributed by atoms with Crippen LogP contribution in [0.4, 0.5) is 0 Å². The van der Waals surface area contributed by atoms with Crippen molar-refractivity contribution in [2.45, 2.75) is 38.7 Å². The van der Waals surface area contributed by atoms with Crippen molar-refractivity contribution < 1.29 is 4.80 Å². The van der Waals surface area contributed by atoms with Gasteiger partial charge in [0, 0.05) is 0 Å². The molecule has 130 valence electrons. The lowest BCUT2D eigenvalue weighted by molar-refractivity contribution is 0.416. The van der Waals surface area contributed by atoms with Crippen LogP contribution in [0, 0.1) is 18.3 Å². The smallest absolute Gasteiger partial charge is 0.258 e. The van der Waals surface area contributed by atoms with Crippen molar-refractivity contribution in [1.29, 1.82) is 0 Å². The fourth-order valence-electron chi connectivity index (χ4n) is 3.65. The molecule has 0 spiro atoms. The topological polar surface area (TPSA) is 20.2 Å². The van der Waals surface area contributed by atoms with Crippen LogP contribution >= 0.6 is 0 Å². The molecule has 0 aliphatic carbocycles. The molecule has 0 unspecified atom stereocenters. The molecule has 0 amide bonds. The first-order valence-corrected chi connectivity index (χ1v) is 10.9. The zero-order valence-electron chi connectivity index (χ0n) is 15.4. The Morgan fingerprint density at radius 3 is 1.92 bits per heavy atom. The average molecular weight is 349 g/mol. The quantitative estimate of drug-likeness (QED) is 0.589. The highest BCUT2D eigenvalue weighted by Gasteiger charge is 2.50. The predicted octanol–water partition coefficient (Wildman–Crippen LogP) is 4.12. The molecule has 2 rings (SSSR count). The van der Waals surface area contributed by atoms with E-state index >= 15 is 0 Å². The number of hydrogen-bond acceptors (Lipinski definition) is 1. The SMILES string of the molecule is C#C/C=C/[C@@H](CC)CC(C)(C)[Si](O)(c1ccccc1)c1ccccc1. The molecule has 0 fully saturated rings. The number of rotatable bonds is 7. The first-order valence-electron chi connectivity index (χ1n) is 8.92. The van der Waals surface area contributed by atoms with E-state index in [9.17, 15) is 4.80 Å². The molecule has 2 heteroatoms. The van der Waals surface area contributed by atoms with Gasteiger partial charge in [0.15, 0.2) is 0 Å². The van der Waals surface area contributed by atoms with Crippen LogP contribution in [0.15, 0.2) is 72.8 Å². The van der Waals surface area contributed by atoms with Crippen LogP contribution in [0.3, 0.4) is 0 Å². The molecule has 0 aromatic heterocycles. The minimum absolute atomic E-state index is 0.241. The molecule has 1 nitrogen and oxygen atoms in total. The number of terminal acetylenes is 1. The summed E-state index contributed by atoms with van der Waals surface area (Å²) in [4.78, 5) is 12.1. The molecule has 2 aromatic rings. The van der Waals surface area contributed by atoms with Crippen LogP contribution in [0.1, 0.15) is 33.6 Å². The molecule has 0 saturated heterocycles. The van der Waals surface area contributed by atoms with Crippen LogP contribution in [0.25, 0.3) is 0 Å². The summed E-state index contributed by atoms with van der Waals surface area (Å²) in [5.41, 5.74) is 0.